The molecular weight excluding hydrogens is 501 g/mol. The summed E-state index contributed by atoms with van der Waals surface area (Å²) < 4.78 is 21.2. The molecule has 3 unspecified atom stereocenters. The van der Waals surface area contributed by atoms with Gasteiger partial charge in [-0.1, -0.05) is 48.8 Å². The van der Waals surface area contributed by atoms with Gasteiger partial charge in [-0.2, -0.15) is 5.10 Å². The topological polar surface area (TPSA) is 78.4 Å². The van der Waals surface area contributed by atoms with Gasteiger partial charge in [0, 0.05) is 33.4 Å². The third kappa shape index (κ3) is 4.84. The van der Waals surface area contributed by atoms with E-state index >= 15 is 0 Å². The molecule has 1 aliphatic heterocycles. The maximum atomic E-state index is 13.8. The van der Waals surface area contributed by atoms with Crippen LogP contribution < -0.4 is 0 Å². The van der Waals surface area contributed by atoms with E-state index in [1.54, 1.807) is 11.1 Å². The number of nitrogens with one attached hydrogen (secondary N) is 1. The Balaban J connectivity index is 1.67. The van der Waals surface area contributed by atoms with Crippen molar-refractivity contribution in [2.75, 3.05) is 13.2 Å². The lowest BCUT2D eigenvalue weighted by Gasteiger charge is -2.50. The highest BCUT2D eigenvalue weighted by molar-refractivity contribution is 9.10. The molecule has 0 saturated carbocycles. The van der Waals surface area contributed by atoms with Crippen LogP contribution >= 0.6 is 15.9 Å². The summed E-state index contributed by atoms with van der Waals surface area (Å²) >= 11 is 3.57. The molecule has 2 heterocycles. The third-order valence-corrected chi connectivity index (χ3v) is 7.54. The first kappa shape index (κ1) is 24.7. The summed E-state index contributed by atoms with van der Waals surface area (Å²) in [6.07, 6.45) is 1.84. The fraction of sp³-hybridized carbons (Fsp3) is 0.462. The third-order valence-electron chi connectivity index (χ3n) is 7.09. The van der Waals surface area contributed by atoms with Gasteiger partial charge in [0.2, 0.25) is 0 Å². The lowest BCUT2D eigenvalue weighted by molar-refractivity contribution is -0.0264. The zero-order valence-electron chi connectivity index (χ0n) is 19.9. The van der Waals surface area contributed by atoms with Crippen LogP contribution in [0.15, 0.2) is 47.1 Å². The minimum atomic E-state index is -0.905. The van der Waals surface area contributed by atoms with E-state index in [1.807, 2.05) is 31.2 Å². The van der Waals surface area contributed by atoms with Crippen LogP contribution in [-0.4, -0.2) is 45.5 Å². The van der Waals surface area contributed by atoms with Crippen LogP contribution in [0.2, 0.25) is 0 Å². The van der Waals surface area contributed by atoms with Crippen LogP contribution in [0, 0.1) is 11.2 Å². The van der Waals surface area contributed by atoms with Crippen LogP contribution in [0.25, 0.3) is 10.9 Å². The molecule has 6 nitrogen and oxygen atoms in total. The Kier molecular flexibility index (Phi) is 6.75. The molecular formula is C26H31BrFN3O3. The zero-order chi connectivity index (χ0) is 24.7. The number of likely N-dealkylation sites (tertiary alicyclic amines) is 1. The quantitative estimate of drug-likeness (QED) is 0.385. The number of halogens is 2. The van der Waals surface area contributed by atoms with Crippen molar-refractivity contribution in [2.45, 2.75) is 58.1 Å². The Hall–Kier alpha value is -2.45. The second kappa shape index (κ2) is 9.30. The predicted molar refractivity (Wildman–Crippen MR) is 133 cm³/mol. The Bertz CT molecular complexity index is 1170. The summed E-state index contributed by atoms with van der Waals surface area (Å²) in [6.45, 7) is 8.99. The number of nitrogens with zero attached hydrogens (tertiary/aromatic N) is 2. The Morgan fingerprint density at radius 1 is 1.35 bits per heavy atom. The van der Waals surface area contributed by atoms with Crippen LogP contribution in [-0.2, 0) is 10.2 Å². The van der Waals surface area contributed by atoms with Gasteiger partial charge in [0.25, 0.3) is 0 Å². The average Bonchev–Trinajstić information content (AvgIpc) is 3.24. The van der Waals surface area contributed by atoms with Gasteiger partial charge in [0.15, 0.2) is 0 Å². The summed E-state index contributed by atoms with van der Waals surface area (Å²) in [4.78, 5) is 13.6. The smallest absolute Gasteiger partial charge is 0.407 e. The number of rotatable bonds is 5. The van der Waals surface area contributed by atoms with Crippen molar-refractivity contribution in [3.05, 3.63) is 64.0 Å². The van der Waals surface area contributed by atoms with Gasteiger partial charge >= 0.3 is 6.09 Å². The van der Waals surface area contributed by atoms with E-state index in [0.29, 0.717) is 26.0 Å². The summed E-state index contributed by atoms with van der Waals surface area (Å²) in [5.41, 5.74) is 2.19. The molecule has 2 aromatic carbocycles. The molecule has 1 aliphatic rings. The predicted octanol–water partition coefficient (Wildman–Crippen LogP) is 6.67. The fourth-order valence-corrected chi connectivity index (χ4v) is 5.59. The molecule has 34 heavy (non-hydrogen) atoms. The van der Waals surface area contributed by atoms with E-state index in [4.69, 9.17) is 4.74 Å². The maximum absolute atomic E-state index is 13.8. The molecule has 4 rings (SSSR count). The van der Waals surface area contributed by atoms with Crippen molar-refractivity contribution in [2.24, 2.45) is 5.41 Å². The van der Waals surface area contributed by atoms with Crippen LogP contribution in [0.4, 0.5) is 9.18 Å². The van der Waals surface area contributed by atoms with Crippen LogP contribution in [0.3, 0.4) is 0 Å². The number of ether oxygens (including phenoxy) is 1. The van der Waals surface area contributed by atoms with Crippen molar-refractivity contribution in [3.63, 3.8) is 0 Å². The van der Waals surface area contributed by atoms with Gasteiger partial charge in [-0.05, 0) is 55.0 Å². The van der Waals surface area contributed by atoms with Crippen molar-refractivity contribution >= 4 is 32.9 Å². The van der Waals surface area contributed by atoms with Gasteiger partial charge in [-0.15, -0.1) is 0 Å². The Morgan fingerprint density at radius 2 is 2.06 bits per heavy atom. The summed E-state index contributed by atoms with van der Waals surface area (Å²) in [6, 6.07) is 10.4. The number of aromatic nitrogens is 2. The first-order valence-corrected chi connectivity index (χ1v) is 12.3. The number of benzene rings is 2. The molecule has 1 aromatic heterocycles. The first-order valence-electron chi connectivity index (χ1n) is 11.5. The number of aromatic amines is 1. The molecule has 1 amide bonds. The number of amides is 1. The van der Waals surface area contributed by atoms with Gasteiger partial charge < -0.3 is 14.7 Å². The van der Waals surface area contributed by atoms with Crippen molar-refractivity contribution < 1.29 is 19.0 Å². The second-order valence-corrected chi connectivity index (χ2v) is 11.3. The molecule has 0 aliphatic carbocycles. The molecule has 3 atom stereocenters. The molecule has 1 saturated heterocycles. The van der Waals surface area contributed by atoms with E-state index in [1.165, 1.54) is 12.1 Å². The molecule has 0 radical (unpaired) electrons. The van der Waals surface area contributed by atoms with Gasteiger partial charge in [-0.3, -0.25) is 5.10 Å². The normalized spacial score (nSPS) is 22.2. The summed E-state index contributed by atoms with van der Waals surface area (Å²) in [5.74, 6) is -0.292. The van der Waals surface area contributed by atoms with Crippen molar-refractivity contribution in [3.8, 4) is 0 Å². The number of carboxylic acid groups (broad SMARTS) is 1. The standard InChI is InChI=1S/C26H31BrFN3O3/c1-16(21-12-19(27)11-17-14-29-30-23(17)21)34-15-26(18-5-7-20(28)8-6-18)9-10-31(24(32)33)22(13-26)25(2,3)4/h5-8,11-12,14,16,22H,9-10,13,15H2,1-4H3,(H,29,30)(H,32,33). The number of hydrogen-bond donors (Lipinski definition) is 2. The zero-order valence-corrected chi connectivity index (χ0v) is 21.5. The van der Waals surface area contributed by atoms with Crippen LogP contribution in [0.1, 0.15) is 57.8 Å². The number of fused-ring (bicyclic) bond motifs is 1. The minimum absolute atomic E-state index is 0.201. The SMILES string of the molecule is CC(OCC1(c2ccc(F)cc2)CCN(C(=O)O)C(C(C)(C)C)C1)c1cc(Br)cc2cn[nH]c12. The van der Waals surface area contributed by atoms with Crippen molar-refractivity contribution in [1.82, 2.24) is 15.1 Å². The molecule has 3 aromatic rings. The summed E-state index contributed by atoms with van der Waals surface area (Å²) in [5, 5.41) is 18.1. The number of H-pyrrole nitrogens is 1. The first-order chi connectivity index (χ1) is 16.0. The van der Waals surface area contributed by atoms with E-state index in [9.17, 15) is 14.3 Å². The molecule has 0 bridgehead atoms. The molecule has 8 heteroatoms. The largest absolute Gasteiger partial charge is 0.465 e. The monoisotopic (exact) mass is 531 g/mol. The second-order valence-electron chi connectivity index (χ2n) is 10.4. The van der Waals surface area contributed by atoms with Gasteiger partial charge in [0.1, 0.15) is 5.82 Å². The highest BCUT2D eigenvalue weighted by Gasteiger charge is 2.47. The lowest BCUT2D eigenvalue weighted by Crippen LogP contribution is -2.57. The molecule has 1 fully saturated rings. The minimum Gasteiger partial charge on any atom is -0.465 e. The van der Waals surface area contributed by atoms with Gasteiger partial charge in [0.05, 0.1) is 24.4 Å². The highest BCUT2D eigenvalue weighted by atomic mass is 79.9. The van der Waals surface area contributed by atoms with Crippen LogP contribution in [0.5, 0.6) is 0 Å². The molecule has 182 valence electrons. The Morgan fingerprint density at radius 3 is 2.71 bits per heavy atom. The molecule has 2 N–H and O–H groups in total. The van der Waals surface area contributed by atoms with Crippen molar-refractivity contribution in [1.29, 1.82) is 0 Å². The highest BCUT2D eigenvalue weighted by Crippen LogP contribution is 2.44. The Labute approximate surface area is 207 Å². The van der Waals surface area contributed by atoms with Gasteiger partial charge in [-0.25, -0.2) is 9.18 Å². The van der Waals surface area contributed by atoms with E-state index < -0.39 is 11.5 Å². The molecule has 0 spiro atoms. The average molecular weight is 532 g/mol. The lowest BCUT2D eigenvalue weighted by atomic mass is 9.66. The number of hydrogen-bond acceptors (Lipinski definition) is 3. The van der Waals surface area contributed by atoms with E-state index in [-0.39, 0.29) is 23.4 Å². The van der Waals surface area contributed by atoms with E-state index in [2.05, 4.69) is 46.9 Å². The maximum Gasteiger partial charge on any atom is 0.407 e. The van der Waals surface area contributed by atoms with E-state index in [0.717, 1.165) is 26.5 Å². The summed E-state index contributed by atoms with van der Waals surface area (Å²) in [7, 11) is 0. The fourth-order valence-electron chi connectivity index (χ4n) is 5.10. The number of carbonyl (C=O) groups is 1. The number of piperidine rings is 1.